The van der Waals surface area contributed by atoms with E-state index in [4.69, 9.17) is 9.84 Å². The van der Waals surface area contributed by atoms with Crippen LogP contribution in [0.15, 0.2) is 65.6 Å². The van der Waals surface area contributed by atoms with Crippen molar-refractivity contribution in [2.45, 2.75) is 34.3 Å². The molecule has 5 aromatic rings. The Morgan fingerprint density at radius 2 is 1.75 bits per heavy atom. The van der Waals surface area contributed by atoms with Gasteiger partial charge in [-0.1, -0.05) is 23.8 Å². The van der Waals surface area contributed by atoms with Crippen LogP contribution in [0.2, 0.25) is 0 Å². The molecule has 36 heavy (non-hydrogen) atoms. The average molecular weight is 487 g/mol. The Balaban J connectivity index is 1.54. The van der Waals surface area contributed by atoms with E-state index in [2.05, 4.69) is 11.1 Å². The van der Waals surface area contributed by atoms with E-state index in [-0.39, 0.29) is 12.2 Å². The number of ether oxygens (including phenoxy) is 1. The van der Waals surface area contributed by atoms with Gasteiger partial charge in [-0.2, -0.15) is 5.10 Å². The number of fused-ring (bicyclic) bond motifs is 1. The van der Waals surface area contributed by atoms with Crippen LogP contribution in [-0.2, 0) is 6.61 Å². The number of halogens is 2. The van der Waals surface area contributed by atoms with Gasteiger partial charge in [0.05, 0.1) is 16.9 Å². The number of hydrogen-bond acceptors (Lipinski definition) is 4. The second kappa shape index (κ2) is 9.03. The maximum atomic E-state index is 13.6. The molecule has 2 aromatic carbocycles. The summed E-state index contributed by atoms with van der Waals surface area (Å²) in [6, 6.07) is 15.0. The molecule has 3 heterocycles. The fraction of sp³-hybridized carbons (Fsp3) is 0.179. The van der Waals surface area contributed by atoms with Gasteiger partial charge in [0.25, 0.3) is 5.56 Å². The fourth-order valence-electron chi connectivity index (χ4n) is 4.32. The summed E-state index contributed by atoms with van der Waals surface area (Å²) in [5.41, 5.74) is 6.04. The maximum Gasteiger partial charge on any atom is 0.267 e. The SMILES string of the molecule is Cc1ccc(-n2nc(-c3c(C)nc4c(OCc5ccc(F)c(F)c5)cccn4c3=O)cc2C)c(C)c1. The molecule has 0 radical (unpaired) electrons. The standard InChI is InChI=1S/C28H24F2N4O2/c1-16-7-10-24(17(2)12-16)34-18(3)13-23(32-34)26-19(4)31-27-25(6-5-11-33(27)28(26)35)36-15-20-8-9-21(29)22(30)14-20/h5-14H,15H2,1-4H3. The number of aromatic nitrogens is 4. The van der Waals surface area contributed by atoms with Crippen molar-refractivity contribution in [1.82, 2.24) is 19.2 Å². The molecule has 0 fully saturated rings. The first-order valence-electron chi connectivity index (χ1n) is 11.5. The molecular formula is C28H24F2N4O2. The smallest absolute Gasteiger partial charge is 0.267 e. The van der Waals surface area contributed by atoms with Crippen LogP contribution in [-0.4, -0.2) is 19.2 Å². The van der Waals surface area contributed by atoms with Crippen LogP contribution in [0.5, 0.6) is 5.75 Å². The van der Waals surface area contributed by atoms with Gasteiger partial charge in [-0.25, -0.2) is 18.4 Å². The van der Waals surface area contributed by atoms with E-state index in [1.165, 1.54) is 10.5 Å². The number of benzene rings is 2. The minimum absolute atomic E-state index is 0.00690. The van der Waals surface area contributed by atoms with Gasteiger partial charge < -0.3 is 4.74 Å². The van der Waals surface area contributed by atoms with E-state index in [0.717, 1.165) is 34.6 Å². The lowest BCUT2D eigenvalue weighted by Gasteiger charge is -2.12. The van der Waals surface area contributed by atoms with Gasteiger partial charge in [0.15, 0.2) is 23.0 Å². The molecule has 0 aliphatic carbocycles. The Bertz CT molecular complexity index is 1690. The molecule has 182 valence electrons. The topological polar surface area (TPSA) is 61.4 Å². The minimum Gasteiger partial charge on any atom is -0.485 e. The Morgan fingerprint density at radius 3 is 2.50 bits per heavy atom. The highest BCUT2D eigenvalue weighted by Gasteiger charge is 2.19. The van der Waals surface area contributed by atoms with Crippen molar-refractivity contribution in [3.63, 3.8) is 0 Å². The summed E-state index contributed by atoms with van der Waals surface area (Å²) in [7, 11) is 0. The summed E-state index contributed by atoms with van der Waals surface area (Å²) in [5, 5.41) is 4.75. The zero-order chi connectivity index (χ0) is 25.6. The first-order valence-corrected chi connectivity index (χ1v) is 11.5. The van der Waals surface area contributed by atoms with E-state index < -0.39 is 11.6 Å². The summed E-state index contributed by atoms with van der Waals surface area (Å²) in [4.78, 5) is 18.2. The number of rotatable bonds is 5. The third-order valence-corrected chi connectivity index (χ3v) is 6.10. The third kappa shape index (κ3) is 4.15. The first-order chi connectivity index (χ1) is 17.2. The molecule has 0 amide bonds. The fourth-order valence-corrected chi connectivity index (χ4v) is 4.32. The highest BCUT2D eigenvalue weighted by molar-refractivity contribution is 5.66. The van der Waals surface area contributed by atoms with Gasteiger partial charge >= 0.3 is 0 Å². The molecule has 0 spiro atoms. The van der Waals surface area contributed by atoms with Crippen molar-refractivity contribution in [2.75, 3.05) is 0 Å². The van der Waals surface area contributed by atoms with Crippen LogP contribution in [0, 0.1) is 39.3 Å². The molecule has 0 N–H and O–H groups in total. The lowest BCUT2D eigenvalue weighted by Crippen LogP contribution is -2.19. The van der Waals surface area contributed by atoms with Crippen molar-refractivity contribution in [3.8, 4) is 22.7 Å². The molecule has 0 bridgehead atoms. The Hall–Kier alpha value is -4.33. The monoisotopic (exact) mass is 486 g/mol. The number of hydrogen-bond donors (Lipinski definition) is 0. The minimum atomic E-state index is -0.945. The predicted octanol–water partition coefficient (Wildman–Crippen LogP) is 5.64. The summed E-state index contributed by atoms with van der Waals surface area (Å²) in [6.45, 7) is 7.77. The number of aryl methyl sites for hydroxylation is 4. The normalized spacial score (nSPS) is 11.3. The van der Waals surface area contributed by atoms with Crippen LogP contribution in [0.3, 0.4) is 0 Å². The van der Waals surface area contributed by atoms with Crippen LogP contribution in [0.4, 0.5) is 8.78 Å². The zero-order valence-corrected chi connectivity index (χ0v) is 20.3. The second-order valence-electron chi connectivity index (χ2n) is 8.85. The van der Waals surface area contributed by atoms with Crippen molar-refractivity contribution in [2.24, 2.45) is 0 Å². The summed E-state index contributed by atoms with van der Waals surface area (Å²) in [6.07, 6.45) is 1.62. The molecule has 0 aliphatic heterocycles. The maximum absolute atomic E-state index is 13.6. The van der Waals surface area contributed by atoms with Gasteiger partial charge in [-0.15, -0.1) is 0 Å². The van der Waals surface area contributed by atoms with Crippen LogP contribution in [0.1, 0.15) is 28.1 Å². The van der Waals surface area contributed by atoms with Crippen LogP contribution >= 0.6 is 0 Å². The molecule has 5 rings (SSSR count). The number of nitrogens with zero attached hydrogens (tertiary/aromatic N) is 4. The van der Waals surface area contributed by atoms with Crippen molar-refractivity contribution in [3.05, 3.63) is 111 Å². The van der Waals surface area contributed by atoms with Crippen LogP contribution in [0.25, 0.3) is 22.6 Å². The second-order valence-corrected chi connectivity index (χ2v) is 8.85. The lowest BCUT2D eigenvalue weighted by atomic mass is 10.1. The van der Waals surface area contributed by atoms with E-state index in [0.29, 0.717) is 33.9 Å². The molecule has 0 unspecified atom stereocenters. The third-order valence-electron chi connectivity index (χ3n) is 6.10. The molecule has 0 aliphatic rings. The van der Waals surface area contributed by atoms with Gasteiger partial charge in [-0.3, -0.25) is 9.20 Å². The van der Waals surface area contributed by atoms with Crippen molar-refractivity contribution < 1.29 is 13.5 Å². The summed E-state index contributed by atoms with van der Waals surface area (Å²) >= 11 is 0. The molecule has 6 nitrogen and oxygen atoms in total. The highest BCUT2D eigenvalue weighted by Crippen LogP contribution is 2.25. The molecule has 3 aromatic heterocycles. The van der Waals surface area contributed by atoms with E-state index in [1.54, 1.807) is 25.3 Å². The van der Waals surface area contributed by atoms with Gasteiger partial charge in [0, 0.05) is 11.9 Å². The Labute approximate surface area is 206 Å². The molecule has 8 heteroatoms. The van der Waals surface area contributed by atoms with E-state index in [9.17, 15) is 13.6 Å². The van der Waals surface area contributed by atoms with Crippen molar-refractivity contribution in [1.29, 1.82) is 0 Å². The van der Waals surface area contributed by atoms with E-state index >= 15 is 0 Å². The van der Waals surface area contributed by atoms with Crippen LogP contribution < -0.4 is 10.3 Å². The summed E-state index contributed by atoms with van der Waals surface area (Å²) in [5.74, 6) is -1.51. The first kappa shape index (κ1) is 23.4. The van der Waals surface area contributed by atoms with Gasteiger partial charge in [-0.05, 0) is 75.2 Å². The highest BCUT2D eigenvalue weighted by atomic mass is 19.2. The largest absolute Gasteiger partial charge is 0.485 e. The lowest BCUT2D eigenvalue weighted by molar-refractivity contribution is 0.306. The molecule has 0 saturated heterocycles. The average Bonchev–Trinajstić information content (AvgIpc) is 3.20. The molecule has 0 atom stereocenters. The van der Waals surface area contributed by atoms with Crippen molar-refractivity contribution >= 4 is 5.65 Å². The van der Waals surface area contributed by atoms with E-state index in [1.807, 2.05) is 43.7 Å². The van der Waals surface area contributed by atoms with Gasteiger partial charge in [0.2, 0.25) is 0 Å². The number of pyridine rings is 1. The van der Waals surface area contributed by atoms with Gasteiger partial charge in [0.1, 0.15) is 12.3 Å². The Kier molecular flexibility index (Phi) is 5.88. The quantitative estimate of drug-likeness (QED) is 0.323. The molecule has 0 saturated carbocycles. The summed E-state index contributed by atoms with van der Waals surface area (Å²) < 4.78 is 35.8. The zero-order valence-electron chi connectivity index (χ0n) is 20.3. The Morgan fingerprint density at radius 1 is 0.944 bits per heavy atom. The molecular weight excluding hydrogens is 462 g/mol. The predicted molar refractivity (Wildman–Crippen MR) is 134 cm³/mol.